The number of esters is 1. The van der Waals surface area contributed by atoms with Gasteiger partial charge in [-0.25, -0.2) is 4.79 Å². The van der Waals surface area contributed by atoms with Crippen LogP contribution in [0.3, 0.4) is 0 Å². The van der Waals surface area contributed by atoms with Gasteiger partial charge in [0.15, 0.2) is 0 Å². The number of ether oxygens (including phenoxy) is 1. The van der Waals surface area contributed by atoms with Crippen LogP contribution < -0.4 is 5.32 Å². The number of carbonyl (C=O) groups excluding carboxylic acids is 1. The highest BCUT2D eigenvalue weighted by atomic mass is 16.5. The highest BCUT2D eigenvalue weighted by molar-refractivity contribution is 5.89. The molecule has 0 spiro atoms. The van der Waals surface area contributed by atoms with E-state index >= 15 is 0 Å². The van der Waals surface area contributed by atoms with E-state index in [2.05, 4.69) is 30.4 Å². The predicted octanol–water partition coefficient (Wildman–Crippen LogP) is 5.11. The van der Waals surface area contributed by atoms with Gasteiger partial charge in [-0.3, -0.25) is 0 Å². The van der Waals surface area contributed by atoms with Gasteiger partial charge in [0, 0.05) is 11.6 Å². The van der Waals surface area contributed by atoms with Gasteiger partial charge in [-0.2, -0.15) is 0 Å². The van der Waals surface area contributed by atoms with Gasteiger partial charge in [-0.1, -0.05) is 49.4 Å². The van der Waals surface area contributed by atoms with E-state index < -0.39 is 0 Å². The summed E-state index contributed by atoms with van der Waals surface area (Å²) >= 11 is 0. The topological polar surface area (TPSA) is 58.6 Å². The van der Waals surface area contributed by atoms with E-state index in [9.17, 15) is 9.90 Å². The Bertz CT molecular complexity index is 979. The van der Waals surface area contributed by atoms with Gasteiger partial charge in [0.25, 0.3) is 0 Å². The minimum atomic E-state index is -0.330. The first-order valence-electron chi connectivity index (χ1n) is 9.41. The maximum absolute atomic E-state index is 11.7. The number of para-hydroxylation sites is 1. The molecule has 3 aromatic carbocycles. The van der Waals surface area contributed by atoms with Crippen molar-refractivity contribution in [3.63, 3.8) is 0 Å². The van der Waals surface area contributed by atoms with E-state index in [1.807, 2.05) is 42.5 Å². The number of rotatable bonds is 3. The maximum atomic E-state index is 11.7. The summed E-state index contributed by atoms with van der Waals surface area (Å²) in [5.74, 6) is 0.406. The second-order valence-electron chi connectivity index (χ2n) is 7.25. The molecule has 2 N–H and O–H groups in total. The van der Waals surface area contributed by atoms with Crippen LogP contribution in [0.15, 0.2) is 72.8 Å². The second kappa shape index (κ2) is 7.39. The second-order valence-corrected chi connectivity index (χ2v) is 7.25. The average Bonchev–Trinajstić information content (AvgIpc) is 2.74. The third-order valence-electron chi connectivity index (χ3n) is 5.60. The normalized spacial score (nSPS) is 20.7. The number of phenols is 1. The molecular formula is C24H23NO3. The van der Waals surface area contributed by atoms with Crippen molar-refractivity contribution in [2.24, 2.45) is 5.92 Å². The standard InChI is InChI=1S/C24H23NO3/c1-15-22(16-11-13-19(26)14-12-16)20-5-3-4-6-21(20)25-23(15)17-7-9-18(10-8-17)24(27)28-2/h3-15,22-23,25-26H,1-2H3/t15-,22+,23-/m0/s1. The van der Waals surface area contributed by atoms with Crippen LogP contribution in [0.5, 0.6) is 5.75 Å². The molecule has 1 aliphatic heterocycles. The van der Waals surface area contributed by atoms with Crippen molar-refractivity contribution in [1.29, 1.82) is 0 Å². The summed E-state index contributed by atoms with van der Waals surface area (Å²) in [6, 6.07) is 23.5. The number of aromatic hydroxyl groups is 1. The molecule has 0 saturated carbocycles. The molecule has 4 heteroatoms. The summed E-state index contributed by atoms with van der Waals surface area (Å²) in [5, 5.41) is 13.4. The van der Waals surface area contributed by atoms with Gasteiger partial charge < -0.3 is 15.2 Å². The summed E-state index contributed by atoms with van der Waals surface area (Å²) < 4.78 is 4.80. The highest BCUT2D eigenvalue weighted by Crippen LogP contribution is 2.47. The monoisotopic (exact) mass is 373 g/mol. The number of fused-ring (bicyclic) bond motifs is 1. The first-order chi connectivity index (χ1) is 13.6. The molecule has 0 fully saturated rings. The van der Waals surface area contributed by atoms with Crippen LogP contribution in [0.2, 0.25) is 0 Å². The molecule has 0 radical (unpaired) electrons. The van der Waals surface area contributed by atoms with Gasteiger partial charge in [-0.15, -0.1) is 0 Å². The molecule has 4 rings (SSSR count). The number of nitrogens with one attached hydrogen (secondary N) is 1. The van der Waals surface area contributed by atoms with Crippen LogP contribution in [0.4, 0.5) is 5.69 Å². The van der Waals surface area contributed by atoms with E-state index in [0.717, 1.165) is 11.3 Å². The van der Waals surface area contributed by atoms with Crippen molar-refractivity contribution in [3.8, 4) is 5.75 Å². The van der Waals surface area contributed by atoms with Gasteiger partial charge in [0.1, 0.15) is 5.75 Å². The van der Waals surface area contributed by atoms with Crippen molar-refractivity contribution in [1.82, 2.24) is 0 Å². The van der Waals surface area contributed by atoms with Crippen LogP contribution in [0, 0.1) is 5.92 Å². The lowest BCUT2D eigenvalue weighted by molar-refractivity contribution is 0.0600. The Morgan fingerprint density at radius 2 is 1.57 bits per heavy atom. The Hall–Kier alpha value is -3.27. The first-order valence-corrected chi connectivity index (χ1v) is 9.41. The average molecular weight is 373 g/mol. The maximum Gasteiger partial charge on any atom is 0.337 e. The number of carbonyl (C=O) groups is 1. The summed E-state index contributed by atoms with van der Waals surface area (Å²) in [6.45, 7) is 2.24. The fourth-order valence-corrected chi connectivity index (χ4v) is 4.17. The summed E-state index contributed by atoms with van der Waals surface area (Å²) in [4.78, 5) is 11.7. The molecule has 4 nitrogen and oxygen atoms in total. The van der Waals surface area contributed by atoms with Crippen LogP contribution in [0.25, 0.3) is 0 Å². The molecule has 3 atom stereocenters. The number of phenolic OH excluding ortho intramolecular Hbond substituents is 1. The van der Waals surface area contributed by atoms with Crippen LogP contribution in [-0.4, -0.2) is 18.2 Å². The summed E-state index contributed by atoms with van der Waals surface area (Å²) in [6.07, 6.45) is 0. The quantitative estimate of drug-likeness (QED) is 0.626. The molecule has 28 heavy (non-hydrogen) atoms. The minimum absolute atomic E-state index is 0.0976. The van der Waals surface area contributed by atoms with Crippen molar-refractivity contribution in [2.75, 3.05) is 12.4 Å². The molecule has 0 saturated heterocycles. The zero-order chi connectivity index (χ0) is 19.7. The zero-order valence-electron chi connectivity index (χ0n) is 15.9. The number of hydrogen-bond acceptors (Lipinski definition) is 4. The largest absolute Gasteiger partial charge is 0.508 e. The van der Waals surface area contributed by atoms with Crippen molar-refractivity contribution in [3.05, 3.63) is 95.1 Å². The number of hydrogen-bond donors (Lipinski definition) is 2. The lowest BCUT2D eigenvalue weighted by Crippen LogP contribution is -2.30. The number of benzene rings is 3. The van der Waals surface area contributed by atoms with Crippen molar-refractivity contribution < 1.29 is 14.6 Å². The van der Waals surface area contributed by atoms with Crippen molar-refractivity contribution in [2.45, 2.75) is 18.9 Å². The van der Waals surface area contributed by atoms with Crippen LogP contribution in [0.1, 0.15) is 45.9 Å². The van der Waals surface area contributed by atoms with E-state index in [1.165, 1.54) is 18.2 Å². The first kappa shape index (κ1) is 18.1. The summed E-state index contributed by atoms with van der Waals surface area (Å²) in [7, 11) is 1.39. The number of methoxy groups -OCH3 is 1. The fraction of sp³-hybridized carbons (Fsp3) is 0.208. The Morgan fingerprint density at radius 1 is 0.929 bits per heavy atom. The van der Waals surface area contributed by atoms with Gasteiger partial charge in [-0.05, 0) is 52.9 Å². The van der Waals surface area contributed by atoms with Crippen molar-refractivity contribution >= 4 is 11.7 Å². The lowest BCUT2D eigenvalue weighted by atomic mass is 9.73. The fourth-order valence-electron chi connectivity index (χ4n) is 4.17. The van der Waals surface area contributed by atoms with Gasteiger partial charge in [0.05, 0.1) is 18.7 Å². The minimum Gasteiger partial charge on any atom is -0.508 e. The zero-order valence-corrected chi connectivity index (χ0v) is 15.9. The van der Waals surface area contributed by atoms with E-state index in [0.29, 0.717) is 5.56 Å². The molecule has 0 aromatic heterocycles. The molecular weight excluding hydrogens is 350 g/mol. The molecule has 0 unspecified atom stereocenters. The predicted molar refractivity (Wildman–Crippen MR) is 110 cm³/mol. The Balaban J connectivity index is 1.74. The Kier molecular flexibility index (Phi) is 4.78. The number of anilines is 1. The SMILES string of the molecule is COC(=O)c1ccc([C@H]2Nc3ccccc3[C@@H](c3ccc(O)cc3)[C@@H]2C)cc1. The molecule has 142 valence electrons. The molecule has 0 aliphatic carbocycles. The Labute approximate surface area is 164 Å². The lowest BCUT2D eigenvalue weighted by Gasteiger charge is -2.39. The molecule has 1 heterocycles. The van der Waals surface area contributed by atoms with Crippen LogP contribution in [-0.2, 0) is 4.74 Å². The van der Waals surface area contributed by atoms with E-state index in [4.69, 9.17) is 4.74 Å². The Morgan fingerprint density at radius 3 is 2.25 bits per heavy atom. The third kappa shape index (κ3) is 3.22. The molecule has 0 bridgehead atoms. The summed E-state index contributed by atoms with van der Waals surface area (Å²) in [5.41, 5.74) is 5.21. The van der Waals surface area contributed by atoms with Gasteiger partial charge in [0.2, 0.25) is 0 Å². The van der Waals surface area contributed by atoms with E-state index in [-0.39, 0.29) is 29.6 Å². The smallest absolute Gasteiger partial charge is 0.337 e. The van der Waals surface area contributed by atoms with Gasteiger partial charge >= 0.3 is 5.97 Å². The molecule has 1 aliphatic rings. The molecule has 0 amide bonds. The van der Waals surface area contributed by atoms with E-state index in [1.54, 1.807) is 12.1 Å². The third-order valence-corrected chi connectivity index (χ3v) is 5.60. The van der Waals surface area contributed by atoms with Crippen LogP contribution >= 0.6 is 0 Å². The highest BCUT2D eigenvalue weighted by Gasteiger charge is 2.35. The molecule has 3 aromatic rings.